The lowest BCUT2D eigenvalue weighted by Gasteiger charge is -2.31. The Labute approximate surface area is 141 Å². The van der Waals surface area contributed by atoms with Crippen molar-refractivity contribution < 1.29 is 9.53 Å². The fourth-order valence-electron chi connectivity index (χ4n) is 3.69. The highest BCUT2D eigenvalue weighted by molar-refractivity contribution is 5.75. The number of aromatic amines is 1. The van der Waals surface area contributed by atoms with Crippen LogP contribution in [-0.2, 0) is 19.4 Å². The van der Waals surface area contributed by atoms with Gasteiger partial charge in [-0.05, 0) is 42.5 Å². The van der Waals surface area contributed by atoms with E-state index in [2.05, 4.69) is 27.4 Å². The molecule has 4 rings (SSSR count). The summed E-state index contributed by atoms with van der Waals surface area (Å²) >= 11 is 0. The van der Waals surface area contributed by atoms with Crippen LogP contribution in [0, 0.1) is 0 Å². The molecule has 1 aromatic heterocycles. The lowest BCUT2D eigenvalue weighted by atomic mass is 9.87. The minimum Gasteiger partial charge on any atom is -0.497 e. The Balaban J connectivity index is 1.47. The summed E-state index contributed by atoms with van der Waals surface area (Å²) in [6.07, 6.45) is 5.62. The average molecular weight is 326 g/mol. The number of methoxy groups -OCH3 is 1. The smallest absolute Gasteiger partial charge is 0.318 e. The predicted molar refractivity (Wildman–Crippen MR) is 89.9 cm³/mol. The Hall–Kier alpha value is -2.50. The Morgan fingerprint density at radius 1 is 1.42 bits per heavy atom. The topological polar surface area (TPSA) is 70.2 Å². The number of rotatable bonds is 2. The summed E-state index contributed by atoms with van der Waals surface area (Å²) in [6, 6.07) is 6.23. The van der Waals surface area contributed by atoms with Crippen LogP contribution in [0.3, 0.4) is 0 Å². The molecule has 1 unspecified atom stereocenters. The standard InChI is InChI=1S/C18H22N4O2/c1-24-13-5-6-14-12(9-13)3-2-4-15(14)21-18(23)22-8-7-16-17(10-22)20-11-19-16/h5-6,9,11,15H,2-4,7-8,10H2,1H3,(H,19,20)(H,21,23). The molecule has 2 aliphatic rings. The van der Waals surface area contributed by atoms with Crippen LogP contribution >= 0.6 is 0 Å². The summed E-state index contributed by atoms with van der Waals surface area (Å²) in [6.45, 7) is 1.31. The molecule has 126 valence electrons. The fraction of sp³-hybridized carbons (Fsp3) is 0.444. The number of fused-ring (bicyclic) bond motifs is 2. The number of nitrogens with zero attached hydrogens (tertiary/aromatic N) is 2. The molecule has 0 spiro atoms. The Morgan fingerprint density at radius 3 is 3.21 bits per heavy atom. The molecule has 1 aliphatic heterocycles. The number of hydrogen-bond donors (Lipinski definition) is 2. The van der Waals surface area contributed by atoms with Gasteiger partial charge in [-0.25, -0.2) is 9.78 Å². The van der Waals surface area contributed by atoms with E-state index in [0.29, 0.717) is 13.1 Å². The Bertz CT molecular complexity index is 755. The van der Waals surface area contributed by atoms with Crippen LogP contribution in [0.1, 0.15) is 41.4 Å². The summed E-state index contributed by atoms with van der Waals surface area (Å²) in [7, 11) is 1.68. The maximum atomic E-state index is 12.7. The molecule has 1 aliphatic carbocycles. The number of aromatic nitrogens is 2. The van der Waals surface area contributed by atoms with Crippen molar-refractivity contribution in [3.05, 3.63) is 47.0 Å². The first-order valence-corrected chi connectivity index (χ1v) is 8.48. The molecule has 1 atom stereocenters. The summed E-state index contributed by atoms with van der Waals surface area (Å²) < 4.78 is 5.31. The fourth-order valence-corrected chi connectivity index (χ4v) is 3.69. The number of hydrogen-bond acceptors (Lipinski definition) is 3. The Kier molecular flexibility index (Phi) is 3.88. The van der Waals surface area contributed by atoms with Crippen molar-refractivity contribution in [3.63, 3.8) is 0 Å². The van der Waals surface area contributed by atoms with Crippen LogP contribution in [-0.4, -0.2) is 34.6 Å². The monoisotopic (exact) mass is 326 g/mol. The highest BCUT2D eigenvalue weighted by Crippen LogP contribution is 2.32. The summed E-state index contributed by atoms with van der Waals surface area (Å²) in [5.74, 6) is 0.878. The van der Waals surface area contributed by atoms with Crippen molar-refractivity contribution >= 4 is 6.03 Å². The number of aryl methyl sites for hydroxylation is 1. The third-order valence-corrected chi connectivity index (χ3v) is 5.02. The van der Waals surface area contributed by atoms with Gasteiger partial charge in [-0.1, -0.05) is 6.07 Å². The van der Waals surface area contributed by atoms with Crippen LogP contribution in [0.15, 0.2) is 24.5 Å². The van der Waals surface area contributed by atoms with E-state index >= 15 is 0 Å². The number of benzene rings is 1. The van der Waals surface area contributed by atoms with Crippen molar-refractivity contribution in [3.8, 4) is 5.75 Å². The van der Waals surface area contributed by atoms with Crippen molar-refractivity contribution in [2.24, 2.45) is 0 Å². The molecule has 0 bridgehead atoms. The molecule has 0 fully saturated rings. The molecular weight excluding hydrogens is 304 g/mol. The zero-order chi connectivity index (χ0) is 16.5. The van der Waals surface area contributed by atoms with E-state index in [0.717, 1.165) is 42.8 Å². The van der Waals surface area contributed by atoms with Gasteiger partial charge < -0.3 is 19.9 Å². The van der Waals surface area contributed by atoms with E-state index in [-0.39, 0.29) is 12.1 Å². The average Bonchev–Trinajstić information content (AvgIpc) is 3.09. The molecule has 0 saturated carbocycles. The van der Waals surface area contributed by atoms with Gasteiger partial charge in [0.25, 0.3) is 0 Å². The van der Waals surface area contributed by atoms with Crippen LogP contribution < -0.4 is 10.1 Å². The van der Waals surface area contributed by atoms with E-state index in [4.69, 9.17) is 4.74 Å². The highest BCUT2D eigenvalue weighted by Gasteiger charge is 2.27. The SMILES string of the molecule is COc1ccc2c(c1)CCCC2NC(=O)N1CCc2nc[nH]c2C1. The first kappa shape index (κ1) is 15.1. The third kappa shape index (κ3) is 2.72. The number of imidazole rings is 1. The van der Waals surface area contributed by atoms with Gasteiger partial charge in [-0.15, -0.1) is 0 Å². The molecule has 6 heteroatoms. The van der Waals surface area contributed by atoms with Crippen LogP contribution in [0.25, 0.3) is 0 Å². The number of amides is 2. The number of H-pyrrole nitrogens is 1. The van der Waals surface area contributed by atoms with Gasteiger partial charge in [0.05, 0.1) is 37.4 Å². The molecule has 6 nitrogen and oxygen atoms in total. The van der Waals surface area contributed by atoms with Gasteiger partial charge in [0.15, 0.2) is 0 Å². The molecule has 1 aromatic carbocycles. The lowest BCUT2D eigenvalue weighted by molar-refractivity contribution is 0.186. The van der Waals surface area contributed by atoms with Gasteiger partial charge in [0.2, 0.25) is 0 Å². The van der Waals surface area contributed by atoms with Gasteiger partial charge in [0.1, 0.15) is 5.75 Å². The van der Waals surface area contributed by atoms with E-state index in [1.165, 1.54) is 11.1 Å². The van der Waals surface area contributed by atoms with E-state index < -0.39 is 0 Å². The molecule has 0 radical (unpaired) electrons. The van der Waals surface area contributed by atoms with Gasteiger partial charge >= 0.3 is 6.03 Å². The number of nitrogens with one attached hydrogen (secondary N) is 2. The molecule has 2 aromatic rings. The summed E-state index contributed by atoms with van der Waals surface area (Å²) in [5.41, 5.74) is 4.62. The number of carbonyl (C=O) groups excluding carboxylic acids is 1. The molecule has 2 N–H and O–H groups in total. The van der Waals surface area contributed by atoms with Crippen molar-refractivity contribution in [2.75, 3.05) is 13.7 Å². The Morgan fingerprint density at radius 2 is 2.33 bits per heavy atom. The molecule has 2 amide bonds. The van der Waals surface area contributed by atoms with Crippen LogP contribution in [0.4, 0.5) is 4.79 Å². The molecule has 24 heavy (non-hydrogen) atoms. The number of urea groups is 1. The lowest BCUT2D eigenvalue weighted by Crippen LogP contribution is -2.44. The van der Waals surface area contributed by atoms with E-state index in [9.17, 15) is 4.79 Å². The zero-order valence-corrected chi connectivity index (χ0v) is 13.8. The van der Waals surface area contributed by atoms with Gasteiger partial charge in [-0.3, -0.25) is 0 Å². The van der Waals surface area contributed by atoms with Crippen molar-refractivity contribution in [1.29, 1.82) is 0 Å². The number of ether oxygens (including phenoxy) is 1. The van der Waals surface area contributed by atoms with E-state index in [1.54, 1.807) is 13.4 Å². The number of carbonyl (C=O) groups is 1. The maximum absolute atomic E-state index is 12.7. The minimum absolute atomic E-state index is 0.00363. The predicted octanol–water partition coefficient (Wildman–Crippen LogP) is 2.56. The molecule has 0 saturated heterocycles. The second-order valence-corrected chi connectivity index (χ2v) is 6.46. The highest BCUT2D eigenvalue weighted by atomic mass is 16.5. The van der Waals surface area contributed by atoms with Crippen molar-refractivity contribution in [2.45, 2.75) is 38.3 Å². The van der Waals surface area contributed by atoms with Gasteiger partial charge in [0, 0.05) is 13.0 Å². The molecular formula is C18H22N4O2. The minimum atomic E-state index is 0.00363. The summed E-state index contributed by atoms with van der Waals surface area (Å²) in [4.78, 5) is 22.0. The second kappa shape index (κ2) is 6.19. The zero-order valence-electron chi connectivity index (χ0n) is 13.8. The van der Waals surface area contributed by atoms with Crippen molar-refractivity contribution in [1.82, 2.24) is 20.2 Å². The third-order valence-electron chi connectivity index (χ3n) is 5.02. The first-order chi connectivity index (χ1) is 11.7. The van der Waals surface area contributed by atoms with Crippen LogP contribution in [0.2, 0.25) is 0 Å². The van der Waals surface area contributed by atoms with E-state index in [1.807, 2.05) is 11.0 Å². The summed E-state index contributed by atoms with van der Waals surface area (Å²) in [5, 5.41) is 3.22. The normalized spacial score (nSPS) is 19.4. The molecule has 2 heterocycles. The largest absolute Gasteiger partial charge is 0.497 e. The van der Waals surface area contributed by atoms with Crippen LogP contribution in [0.5, 0.6) is 5.75 Å². The second-order valence-electron chi connectivity index (χ2n) is 6.46. The first-order valence-electron chi connectivity index (χ1n) is 8.48. The quantitative estimate of drug-likeness (QED) is 0.891. The maximum Gasteiger partial charge on any atom is 0.318 e. The van der Waals surface area contributed by atoms with Gasteiger partial charge in [-0.2, -0.15) is 0 Å².